The topological polar surface area (TPSA) is 92.6 Å². The molecule has 0 radical (unpaired) electrons. The number of hydrogen-bond donors (Lipinski definition) is 1. The summed E-state index contributed by atoms with van der Waals surface area (Å²) in [7, 11) is 0. The van der Waals surface area contributed by atoms with E-state index >= 15 is 0 Å². The number of aromatic nitrogens is 2. The Balaban J connectivity index is 1.53. The van der Waals surface area contributed by atoms with E-state index in [0.29, 0.717) is 24.0 Å². The van der Waals surface area contributed by atoms with Crippen LogP contribution >= 0.6 is 0 Å². The molecule has 3 heterocycles. The second-order valence-corrected chi connectivity index (χ2v) is 5.31. The van der Waals surface area contributed by atoms with Gasteiger partial charge in [0.2, 0.25) is 11.7 Å². The number of likely N-dealkylation sites (tertiary alicyclic amines) is 1. The maximum atomic E-state index is 10.7. The zero-order chi connectivity index (χ0) is 14.7. The molecule has 3 rings (SSSR count). The largest absolute Gasteiger partial charge is 0.481 e. The van der Waals surface area contributed by atoms with Gasteiger partial charge in [0.25, 0.3) is 0 Å². The first-order chi connectivity index (χ1) is 10.2. The maximum Gasteiger partial charge on any atom is 0.303 e. The van der Waals surface area contributed by atoms with Crippen LogP contribution in [0.2, 0.25) is 0 Å². The van der Waals surface area contributed by atoms with E-state index in [1.165, 1.54) is 0 Å². The van der Waals surface area contributed by atoms with E-state index in [4.69, 9.17) is 14.0 Å². The molecule has 0 atom stereocenters. The first-order valence-electron chi connectivity index (χ1n) is 7.01. The summed E-state index contributed by atoms with van der Waals surface area (Å²) in [5.74, 6) is 1.16. The van der Waals surface area contributed by atoms with Gasteiger partial charge in [-0.05, 0) is 44.0 Å². The Bertz CT molecular complexity index is 585. The quantitative estimate of drug-likeness (QED) is 0.900. The molecule has 1 fully saturated rings. The van der Waals surface area contributed by atoms with Crippen molar-refractivity contribution >= 4 is 5.97 Å². The lowest BCUT2D eigenvalue weighted by Crippen LogP contribution is -2.34. The highest BCUT2D eigenvalue weighted by Gasteiger charge is 2.23. The molecule has 1 aliphatic heterocycles. The molecule has 0 aromatic carbocycles. The van der Waals surface area contributed by atoms with Crippen LogP contribution in [0.25, 0.3) is 11.6 Å². The van der Waals surface area contributed by atoms with Crippen LogP contribution < -0.4 is 0 Å². The van der Waals surface area contributed by atoms with E-state index in [1.54, 1.807) is 18.4 Å². The number of hydrogen-bond acceptors (Lipinski definition) is 6. The summed E-state index contributed by atoms with van der Waals surface area (Å²) in [6, 6.07) is 3.56. The highest BCUT2D eigenvalue weighted by Crippen LogP contribution is 2.22. The van der Waals surface area contributed by atoms with Crippen molar-refractivity contribution in [2.75, 3.05) is 13.1 Å². The van der Waals surface area contributed by atoms with E-state index in [1.807, 2.05) is 0 Å². The highest BCUT2D eigenvalue weighted by molar-refractivity contribution is 5.67. The third-order valence-corrected chi connectivity index (χ3v) is 3.74. The van der Waals surface area contributed by atoms with Crippen LogP contribution in [0.4, 0.5) is 0 Å². The molecule has 1 saturated heterocycles. The molecule has 2 aromatic rings. The first-order valence-corrected chi connectivity index (χ1v) is 7.01. The predicted molar refractivity (Wildman–Crippen MR) is 72.3 cm³/mol. The van der Waals surface area contributed by atoms with Gasteiger partial charge in [-0.1, -0.05) is 5.16 Å². The van der Waals surface area contributed by atoms with Gasteiger partial charge < -0.3 is 14.0 Å². The fraction of sp³-hybridized carbons (Fsp3) is 0.500. The second-order valence-electron chi connectivity index (χ2n) is 5.31. The van der Waals surface area contributed by atoms with E-state index in [-0.39, 0.29) is 12.3 Å². The number of piperidine rings is 1. The van der Waals surface area contributed by atoms with Crippen molar-refractivity contribution in [2.45, 2.75) is 25.8 Å². The molecule has 0 aliphatic carbocycles. The van der Waals surface area contributed by atoms with E-state index in [0.717, 1.165) is 25.9 Å². The number of carbonyl (C=O) groups is 1. The van der Waals surface area contributed by atoms with E-state index in [9.17, 15) is 4.79 Å². The Morgan fingerprint density at radius 2 is 2.24 bits per heavy atom. The summed E-state index contributed by atoms with van der Waals surface area (Å²) in [4.78, 5) is 17.2. The molecule has 112 valence electrons. The van der Waals surface area contributed by atoms with Crippen molar-refractivity contribution in [1.29, 1.82) is 0 Å². The van der Waals surface area contributed by atoms with E-state index in [2.05, 4.69) is 15.0 Å². The average molecular weight is 291 g/mol. The standard InChI is InChI=1S/C14H17N3O4/c18-13(19)8-10-3-5-17(6-4-10)9-12-15-14(16-21-12)11-2-1-7-20-11/h1-2,7,10H,3-6,8-9H2,(H,18,19). The second kappa shape index (κ2) is 6.09. The summed E-state index contributed by atoms with van der Waals surface area (Å²) in [6.45, 7) is 2.31. The predicted octanol–water partition coefficient (Wildman–Crippen LogP) is 2.02. The lowest BCUT2D eigenvalue weighted by atomic mass is 9.94. The minimum Gasteiger partial charge on any atom is -0.481 e. The monoisotopic (exact) mass is 291 g/mol. The molecule has 0 amide bonds. The molecule has 21 heavy (non-hydrogen) atoms. The normalized spacial score (nSPS) is 17.1. The zero-order valence-corrected chi connectivity index (χ0v) is 11.6. The van der Waals surface area contributed by atoms with Crippen LogP contribution in [0.3, 0.4) is 0 Å². The number of carboxylic acids is 1. The number of carboxylic acid groups (broad SMARTS) is 1. The smallest absolute Gasteiger partial charge is 0.303 e. The molecular formula is C14H17N3O4. The first kappa shape index (κ1) is 13.8. The Hall–Kier alpha value is -2.15. The van der Waals surface area contributed by atoms with Crippen LogP contribution in [0, 0.1) is 5.92 Å². The lowest BCUT2D eigenvalue weighted by molar-refractivity contribution is -0.138. The SMILES string of the molecule is O=C(O)CC1CCN(Cc2nc(-c3ccco3)no2)CC1. The average Bonchev–Trinajstić information content (AvgIpc) is 3.11. The molecule has 0 bridgehead atoms. The van der Waals surface area contributed by atoms with Crippen molar-refractivity contribution in [3.63, 3.8) is 0 Å². The molecule has 7 nitrogen and oxygen atoms in total. The van der Waals surface area contributed by atoms with Crippen molar-refractivity contribution in [2.24, 2.45) is 5.92 Å². The molecule has 2 aromatic heterocycles. The summed E-state index contributed by atoms with van der Waals surface area (Å²) < 4.78 is 10.4. The Kier molecular flexibility index (Phi) is 4.01. The summed E-state index contributed by atoms with van der Waals surface area (Å²) in [5.41, 5.74) is 0. The van der Waals surface area contributed by atoms with Crippen molar-refractivity contribution in [3.05, 3.63) is 24.3 Å². The molecule has 7 heteroatoms. The van der Waals surface area contributed by atoms with Crippen molar-refractivity contribution in [3.8, 4) is 11.6 Å². The molecule has 0 unspecified atom stereocenters. The highest BCUT2D eigenvalue weighted by atomic mass is 16.5. The number of nitrogens with zero attached hydrogens (tertiary/aromatic N) is 3. The van der Waals surface area contributed by atoms with E-state index < -0.39 is 5.97 Å². The van der Waals surface area contributed by atoms with Crippen LogP contribution in [-0.4, -0.2) is 39.2 Å². The van der Waals surface area contributed by atoms with Crippen LogP contribution in [0.5, 0.6) is 0 Å². The van der Waals surface area contributed by atoms with Crippen LogP contribution in [-0.2, 0) is 11.3 Å². The summed E-state index contributed by atoms with van der Waals surface area (Å²) >= 11 is 0. The fourth-order valence-electron chi connectivity index (χ4n) is 2.61. The molecule has 0 spiro atoms. The van der Waals surface area contributed by atoms with Gasteiger partial charge in [0.1, 0.15) is 0 Å². The van der Waals surface area contributed by atoms with Crippen molar-refractivity contribution < 1.29 is 18.8 Å². The Morgan fingerprint density at radius 1 is 1.43 bits per heavy atom. The van der Waals surface area contributed by atoms with Gasteiger partial charge in [0.15, 0.2) is 5.76 Å². The van der Waals surface area contributed by atoms with Gasteiger partial charge in [-0.15, -0.1) is 0 Å². The van der Waals surface area contributed by atoms with Gasteiger partial charge >= 0.3 is 5.97 Å². The third-order valence-electron chi connectivity index (χ3n) is 3.74. The lowest BCUT2D eigenvalue weighted by Gasteiger charge is -2.30. The molecule has 1 aliphatic rings. The maximum absolute atomic E-state index is 10.7. The van der Waals surface area contributed by atoms with Crippen LogP contribution in [0.15, 0.2) is 27.3 Å². The zero-order valence-electron chi connectivity index (χ0n) is 11.6. The van der Waals surface area contributed by atoms with Gasteiger partial charge in [-0.25, -0.2) is 0 Å². The van der Waals surface area contributed by atoms with Gasteiger partial charge in [-0.3, -0.25) is 9.69 Å². The third kappa shape index (κ3) is 3.49. The summed E-state index contributed by atoms with van der Waals surface area (Å²) in [6.07, 6.45) is 3.62. The fourth-order valence-corrected chi connectivity index (χ4v) is 2.61. The minimum atomic E-state index is -0.714. The minimum absolute atomic E-state index is 0.261. The van der Waals surface area contributed by atoms with Crippen LogP contribution in [0.1, 0.15) is 25.2 Å². The van der Waals surface area contributed by atoms with Crippen molar-refractivity contribution in [1.82, 2.24) is 15.0 Å². The molecule has 0 saturated carbocycles. The number of aliphatic carboxylic acids is 1. The number of furan rings is 1. The summed E-state index contributed by atoms with van der Waals surface area (Å²) in [5, 5.41) is 12.7. The number of rotatable bonds is 5. The van der Waals surface area contributed by atoms with Gasteiger partial charge in [0.05, 0.1) is 12.8 Å². The Labute approximate surface area is 121 Å². The Morgan fingerprint density at radius 3 is 2.90 bits per heavy atom. The van der Waals surface area contributed by atoms with Gasteiger partial charge in [-0.2, -0.15) is 4.98 Å². The van der Waals surface area contributed by atoms with Gasteiger partial charge in [0, 0.05) is 6.42 Å². The molecular weight excluding hydrogens is 274 g/mol. The molecule has 1 N–H and O–H groups in total.